The van der Waals surface area contributed by atoms with Crippen molar-refractivity contribution in [3.05, 3.63) is 41.5 Å². The van der Waals surface area contributed by atoms with E-state index in [0.717, 1.165) is 6.42 Å². The molecule has 1 aromatic carbocycles. The van der Waals surface area contributed by atoms with E-state index in [0.29, 0.717) is 0 Å². The van der Waals surface area contributed by atoms with Crippen molar-refractivity contribution in [3.8, 4) is 0 Å². The van der Waals surface area contributed by atoms with Crippen LogP contribution in [-0.4, -0.2) is 11.1 Å². The minimum absolute atomic E-state index is 0.0654. The highest BCUT2D eigenvalue weighted by Crippen LogP contribution is 2.61. The molecule has 1 saturated carbocycles. The molecule has 1 aromatic rings. The highest BCUT2D eigenvalue weighted by molar-refractivity contribution is 5.76. The molecule has 19 heavy (non-hydrogen) atoms. The van der Waals surface area contributed by atoms with Crippen LogP contribution >= 0.6 is 0 Å². The van der Waals surface area contributed by atoms with Gasteiger partial charge in [-0.1, -0.05) is 49.8 Å². The predicted molar refractivity (Wildman–Crippen MR) is 77.7 cm³/mol. The Labute approximate surface area is 115 Å². The van der Waals surface area contributed by atoms with Crippen LogP contribution in [0.4, 0.5) is 0 Å². The lowest BCUT2D eigenvalue weighted by molar-refractivity contribution is -0.139. The Morgan fingerprint density at radius 2 is 1.79 bits per heavy atom. The minimum atomic E-state index is -0.653. The van der Waals surface area contributed by atoms with Gasteiger partial charge in [0.05, 0.1) is 5.92 Å². The van der Waals surface area contributed by atoms with E-state index in [1.807, 2.05) is 18.2 Å². The molecule has 1 N–H and O–H groups in total. The lowest BCUT2D eigenvalue weighted by Crippen LogP contribution is -2.03. The van der Waals surface area contributed by atoms with E-state index in [1.165, 1.54) is 16.7 Å². The molecular formula is C17H22O2. The molecule has 0 heterocycles. The van der Waals surface area contributed by atoms with Crippen LogP contribution in [0.1, 0.15) is 39.7 Å². The number of carboxylic acids is 1. The monoisotopic (exact) mass is 258 g/mol. The summed E-state index contributed by atoms with van der Waals surface area (Å²) in [5.74, 6) is -0.574. The number of hydrogen-bond acceptors (Lipinski definition) is 1. The van der Waals surface area contributed by atoms with E-state index in [2.05, 4.69) is 39.8 Å². The van der Waals surface area contributed by atoms with Gasteiger partial charge in [-0.2, -0.15) is 0 Å². The third-order valence-electron chi connectivity index (χ3n) is 4.69. The molecule has 2 rings (SSSR count). The van der Waals surface area contributed by atoms with Crippen molar-refractivity contribution in [2.24, 2.45) is 17.3 Å². The first-order valence-corrected chi connectivity index (χ1v) is 6.80. The molecule has 0 amide bonds. The molecular weight excluding hydrogens is 236 g/mol. The van der Waals surface area contributed by atoms with Crippen LogP contribution < -0.4 is 0 Å². The van der Waals surface area contributed by atoms with Crippen molar-refractivity contribution in [2.45, 2.75) is 34.1 Å². The number of allylic oxidation sites excluding steroid dienone is 2. The third-order valence-corrected chi connectivity index (χ3v) is 4.69. The third kappa shape index (κ3) is 2.58. The Morgan fingerprint density at radius 3 is 2.26 bits per heavy atom. The van der Waals surface area contributed by atoms with Gasteiger partial charge >= 0.3 is 5.97 Å². The molecule has 0 bridgehead atoms. The van der Waals surface area contributed by atoms with Crippen LogP contribution in [0.2, 0.25) is 0 Å². The van der Waals surface area contributed by atoms with Gasteiger partial charge < -0.3 is 5.11 Å². The largest absolute Gasteiger partial charge is 0.481 e. The fourth-order valence-electron chi connectivity index (χ4n) is 3.03. The average Bonchev–Trinajstić information content (AvgIpc) is 2.91. The number of rotatable bonds is 4. The van der Waals surface area contributed by atoms with Gasteiger partial charge in [-0.05, 0) is 42.7 Å². The van der Waals surface area contributed by atoms with Gasteiger partial charge in [-0.15, -0.1) is 0 Å². The normalized spacial score (nSPS) is 25.7. The maximum Gasteiger partial charge on any atom is 0.307 e. The summed E-state index contributed by atoms with van der Waals surface area (Å²) in [7, 11) is 0. The molecule has 1 fully saturated rings. The first kappa shape index (κ1) is 13.9. The Morgan fingerprint density at radius 1 is 1.21 bits per heavy atom. The number of carbonyl (C=O) groups is 1. The average molecular weight is 258 g/mol. The summed E-state index contributed by atoms with van der Waals surface area (Å²) in [5, 5.41) is 9.21. The lowest BCUT2D eigenvalue weighted by atomic mass is 9.96. The Bertz CT molecular complexity index is 511. The summed E-state index contributed by atoms with van der Waals surface area (Å²) in [4.78, 5) is 11.2. The van der Waals surface area contributed by atoms with Gasteiger partial charge in [-0.25, -0.2) is 0 Å². The Hall–Kier alpha value is -1.57. The highest BCUT2D eigenvalue weighted by Gasteiger charge is 2.61. The van der Waals surface area contributed by atoms with E-state index < -0.39 is 5.97 Å². The molecule has 2 heteroatoms. The van der Waals surface area contributed by atoms with Gasteiger partial charge in [0.25, 0.3) is 0 Å². The smallest absolute Gasteiger partial charge is 0.307 e. The van der Waals surface area contributed by atoms with Gasteiger partial charge in [-0.3, -0.25) is 4.79 Å². The second kappa shape index (κ2) is 4.84. The van der Waals surface area contributed by atoms with Crippen molar-refractivity contribution in [1.82, 2.24) is 0 Å². The molecule has 2 atom stereocenters. The summed E-state index contributed by atoms with van der Waals surface area (Å²) >= 11 is 0. The standard InChI is InChI=1S/C17H22O2/c1-11(12(2)13-8-6-5-7-9-13)10-14-15(16(18)19)17(14,3)4/h5-9,14-15H,10H2,1-4H3,(H,18,19)/b12-11-. The molecule has 0 saturated heterocycles. The van der Waals surface area contributed by atoms with Crippen LogP contribution in [-0.2, 0) is 4.79 Å². The number of aliphatic carboxylic acids is 1. The Kier molecular flexibility index (Phi) is 3.53. The zero-order chi connectivity index (χ0) is 14.2. The number of hydrogen-bond donors (Lipinski definition) is 1. The molecule has 0 radical (unpaired) electrons. The van der Waals surface area contributed by atoms with E-state index in [9.17, 15) is 9.90 Å². The minimum Gasteiger partial charge on any atom is -0.481 e. The second-order valence-corrected chi connectivity index (χ2v) is 6.22. The summed E-state index contributed by atoms with van der Waals surface area (Å²) in [6, 6.07) is 10.3. The van der Waals surface area contributed by atoms with Gasteiger partial charge in [0.1, 0.15) is 0 Å². The van der Waals surface area contributed by atoms with Crippen molar-refractivity contribution in [2.75, 3.05) is 0 Å². The van der Waals surface area contributed by atoms with Crippen molar-refractivity contribution < 1.29 is 9.90 Å². The lowest BCUT2D eigenvalue weighted by Gasteiger charge is -2.09. The van der Waals surface area contributed by atoms with Gasteiger partial charge in [0, 0.05) is 0 Å². The maximum absolute atomic E-state index is 11.2. The predicted octanol–water partition coefficient (Wildman–Crippen LogP) is 4.23. The zero-order valence-corrected chi connectivity index (χ0v) is 12.1. The molecule has 2 nitrogen and oxygen atoms in total. The van der Waals surface area contributed by atoms with Crippen molar-refractivity contribution in [1.29, 1.82) is 0 Å². The van der Waals surface area contributed by atoms with E-state index in [4.69, 9.17) is 0 Å². The quantitative estimate of drug-likeness (QED) is 0.877. The summed E-state index contributed by atoms with van der Waals surface area (Å²) in [6.45, 7) is 8.36. The number of benzene rings is 1. The first-order chi connectivity index (χ1) is 8.85. The van der Waals surface area contributed by atoms with E-state index >= 15 is 0 Å². The summed E-state index contributed by atoms with van der Waals surface area (Å²) in [6.07, 6.45) is 0.880. The van der Waals surface area contributed by atoms with Crippen molar-refractivity contribution in [3.63, 3.8) is 0 Å². The first-order valence-electron chi connectivity index (χ1n) is 6.80. The topological polar surface area (TPSA) is 37.3 Å². The maximum atomic E-state index is 11.2. The van der Waals surface area contributed by atoms with Crippen LogP contribution in [0, 0.1) is 17.3 Å². The molecule has 0 aromatic heterocycles. The summed E-state index contributed by atoms with van der Waals surface area (Å²) < 4.78 is 0. The second-order valence-electron chi connectivity index (χ2n) is 6.22. The summed E-state index contributed by atoms with van der Waals surface area (Å²) in [5.41, 5.74) is 3.73. The van der Waals surface area contributed by atoms with Crippen LogP contribution in [0.15, 0.2) is 35.9 Å². The van der Waals surface area contributed by atoms with Crippen LogP contribution in [0.3, 0.4) is 0 Å². The SMILES string of the molecule is C/C(CC1C(C(=O)O)C1(C)C)=C(\C)c1ccccc1. The number of carboxylic acid groups (broad SMARTS) is 1. The molecule has 2 unspecified atom stereocenters. The molecule has 1 aliphatic carbocycles. The molecule has 1 aliphatic rings. The fourth-order valence-corrected chi connectivity index (χ4v) is 3.03. The van der Waals surface area contributed by atoms with Crippen LogP contribution in [0.25, 0.3) is 5.57 Å². The fraction of sp³-hybridized carbons (Fsp3) is 0.471. The van der Waals surface area contributed by atoms with Crippen LogP contribution in [0.5, 0.6) is 0 Å². The van der Waals surface area contributed by atoms with E-state index in [-0.39, 0.29) is 17.3 Å². The highest BCUT2D eigenvalue weighted by atomic mass is 16.4. The van der Waals surface area contributed by atoms with Gasteiger partial charge in [0.2, 0.25) is 0 Å². The van der Waals surface area contributed by atoms with E-state index in [1.54, 1.807) is 0 Å². The van der Waals surface area contributed by atoms with Crippen molar-refractivity contribution >= 4 is 11.5 Å². The molecule has 0 aliphatic heterocycles. The molecule has 0 spiro atoms. The zero-order valence-electron chi connectivity index (χ0n) is 12.1. The Balaban J connectivity index is 2.14. The molecule has 102 valence electrons. The van der Waals surface area contributed by atoms with Gasteiger partial charge in [0.15, 0.2) is 0 Å².